The molecule has 2 aliphatic rings. The van der Waals surface area contributed by atoms with Gasteiger partial charge in [-0.15, -0.1) is 11.8 Å². The number of thioether (sulfide) groups is 1. The standard InChI is InChI=1S/C32H29Cl2N3OS/c1-18-7-9-25(10-8-18)39-17-21-11-19(2)12-26(20(21)3)30-27(16-35)32(36)37(24-14-22(33)13-23(34)15-24)28-5-4-6-29(38)31(28)30/h7-15,30H,4-6,17,36H2,1-3H3. The van der Waals surface area contributed by atoms with Crippen molar-refractivity contribution in [3.05, 3.63) is 115 Å². The Kier molecular flexibility index (Phi) is 7.82. The van der Waals surface area contributed by atoms with Crippen molar-refractivity contribution in [3.63, 3.8) is 0 Å². The van der Waals surface area contributed by atoms with Crippen LogP contribution in [0, 0.1) is 32.1 Å². The molecule has 1 atom stereocenters. The van der Waals surface area contributed by atoms with E-state index in [2.05, 4.69) is 63.2 Å². The van der Waals surface area contributed by atoms with Crippen LogP contribution in [0.25, 0.3) is 0 Å². The van der Waals surface area contributed by atoms with E-state index in [0.717, 1.165) is 34.6 Å². The average molecular weight is 575 g/mol. The Morgan fingerprint density at radius 2 is 1.69 bits per heavy atom. The van der Waals surface area contributed by atoms with Crippen LogP contribution in [0.4, 0.5) is 5.69 Å². The average Bonchev–Trinajstić information content (AvgIpc) is 2.89. The van der Waals surface area contributed by atoms with E-state index in [4.69, 9.17) is 28.9 Å². The topological polar surface area (TPSA) is 70.1 Å². The van der Waals surface area contributed by atoms with E-state index in [1.165, 1.54) is 16.0 Å². The largest absolute Gasteiger partial charge is 0.384 e. The number of halogens is 2. The van der Waals surface area contributed by atoms with Crippen LogP contribution in [0.1, 0.15) is 53.0 Å². The first kappa shape index (κ1) is 27.4. The first-order valence-electron chi connectivity index (χ1n) is 12.9. The number of carbonyl (C=O) groups excluding carboxylic acids is 1. The zero-order valence-corrected chi connectivity index (χ0v) is 24.5. The maximum atomic E-state index is 13.6. The number of anilines is 1. The van der Waals surface area contributed by atoms with Crippen molar-refractivity contribution in [3.8, 4) is 6.07 Å². The molecule has 0 amide bonds. The molecular weight excluding hydrogens is 545 g/mol. The van der Waals surface area contributed by atoms with Gasteiger partial charge in [0.1, 0.15) is 5.82 Å². The molecule has 1 unspecified atom stereocenters. The highest BCUT2D eigenvalue weighted by atomic mass is 35.5. The predicted molar refractivity (Wildman–Crippen MR) is 161 cm³/mol. The molecule has 1 aliphatic carbocycles. The summed E-state index contributed by atoms with van der Waals surface area (Å²) < 4.78 is 0. The maximum Gasteiger partial charge on any atom is 0.161 e. The van der Waals surface area contributed by atoms with Crippen molar-refractivity contribution in [2.75, 3.05) is 4.90 Å². The van der Waals surface area contributed by atoms with Crippen LogP contribution in [0.5, 0.6) is 0 Å². The number of ketones is 1. The van der Waals surface area contributed by atoms with Gasteiger partial charge in [0.2, 0.25) is 0 Å². The maximum absolute atomic E-state index is 13.6. The highest BCUT2D eigenvalue weighted by Gasteiger charge is 2.41. The summed E-state index contributed by atoms with van der Waals surface area (Å²) in [7, 11) is 0. The molecule has 0 spiro atoms. The molecule has 0 bridgehead atoms. The third kappa shape index (κ3) is 5.34. The van der Waals surface area contributed by atoms with Gasteiger partial charge in [0.25, 0.3) is 0 Å². The molecule has 1 aliphatic heterocycles. The first-order valence-corrected chi connectivity index (χ1v) is 14.6. The van der Waals surface area contributed by atoms with Gasteiger partial charge in [0.05, 0.1) is 23.2 Å². The van der Waals surface area contributed by atoms with Gasteiger partial charge in [0.15, 0.2) is 5.78 Å². The molecule has 7 heteroatoms. The number of nitrogens with two attached hydrogens (primary N) is 1. The van der Waals surface area contributed by atoms with Crippen LogP contribution in [-0.4, -0.2) is 5.78 Å². The fourth-order valence-electron chi connectivity index (χ4n) is 5.57. The lowest BCUT2D eigenvalue weighted by Crippen LogP contribution is -2.39. The third-order valence-electron chi connectivity index (χ3n) is 7.44. The molecule has 0 saturated heterocycles. The second kappa shape index (κ2) is 11.1. The molecule has 5 rings (SSSR count). The molecule has 1 heterocycles. The normalized spacial score (nSPS) is 17.4. The first-order chi connectivity index (χ1) is 18.7. The van der Waals surface area contributed by atoms with E-state index in [1.54, 1.807) is 34.9 Å². The molecule has 2 N–H and O–H groups in total. The van der Waals surface area contributed by atoms with E-state index >= 15 is 0 Å². The smallest absolute Gasteiger partial charge is 0.161 e. The lowest BCUT2D eigenvalue weighted by molar-refractivity contribution is -0.116. The highest BCUT2D eigenvalue weighted by Crippen LogP contribution is 2.48. The molecule has 0 radical (unpaired) electrons. The van der Waals surface area contributed by atoms with Gasteiger partial charge < -0.3 is 5.73 Å². The minimum atomic E-state index is -0.522. The molecule has 0 saturated carbocycles. The second-order valence-corrected chi connectivity index (χ2v) is 12.1. The van der Waals surface area contributed by atoms with Crippen LogP contribution in [-0.2, 0) is 10.5 Å². The molecule has 4 nitrogen and oxygen atoms in total. The lowest BCUT2D eigenvalue weighted by Gasteiger charge is -2.40. The van der Waals surface area contributed by atoms with Gasteiger partial charge in [-0.3, -0.25) is 9.69 Å². The van der Waals surface area contributed by atoms with Crippen LogP contribution < -0.4 is 10.6 Å². The zero-order valence-electron chi connectivity index (χ0n) is 22.1. The SMILES string of the molecule is Cc1ccc(SCc2cc(C)cc(C3C(C#N)=C(N)N(c4cc(Cl)cc(Cl)c4)C4=C3C(=O)CCC4)c2C)cc1. The van der Waals surface area contributed by atoms with E-state index in [1.807, 2.05) is 0 Å². The van der Waals surface area contributed by atoms with Crippen LogP contribution in [0.2, 0.25) is 10.0 Å². The minimum Gasteiger partial charge on any atom is -0.384 e. The van der Waals surface area contributed by atoms with E-state index in [9.17, 15) is 10.1 Å². The number of carbonyl (C=O) groups is 1. The van der Waals surface area contributed by atoms with Gasteiger partial charge in [0, 0.05) is 38.4 Å². The van der Waals surface area contributed by atoms with Crippen molar-refractivity contribution in [1.29, 1.82) is 5.26 Å². The van der Waals surface area contributed by atoms with Crippen LogP contribution in [0.3, 0.4) is 0 Å². The Hall–Kier alpha value is -3.17. The number of nitrogens with zero attached hydrogens (tertiary/aromatic N) is 2. The number of hydrogen-bond donors (Lipinski definition) is 1. The highest BCUT2D eigenvalue weighted by molar-refractivity contribution is 7.98. The van der Waals surface area contributed by atoms with E-state index in [-0.39, 0.29) is 5.78 Å². The molecule has 3 aromatic rings. The van der Waals surface area contributed by atoms with Gasteiger partial charge >= 0.3 is 0 Å². The Morgan fingerprint density at radius 1 is 1.00 bits per heavy atom. The molecule has 198 valence electrons. The molecular formula is C32H29Cl2N3OS. The summed E-state index contributed by atoms with van der Waals surface area (Å²) in [4.78, 5) is 16.6. The number of benzene rings is 3. The summed E-state index contributed by atoms with van der Waals surface area (Å²) in [6.45, 7) is 6.23. The second-order valence-electron chi connectivity index (χ2n) is 10.2. The Bertz CT molecular complexity index is 1560. The fraction of sp³-hybridized carbons (Fsp3) is 0.250. The predicted octanol–water partition coefficient (Wildman–Crippen LogP) is 8.52. The summed E-state index contributed by atoms with van der Waals surface area (Å²) >= 11 is 14.4. The summed E-state index contributed by atoms with van der Waals surface area (Å²) in [5.41, 5.74) is 14.8. The third-order valence-corrected chi connectivity index (χ3v) is 8.94. The zero-order chi connectivity index (χ0) is 27.8. The fourth-order valence-corrected chi connectivity index (χ4v) is 7.03. The summed E-state index contributed by atoms with van der Waals surface area (Å²) in [5.74, 6) is 0.623. The minimum absolute atomic E-state index is 0.0520. The Balaban J connectivity index is 1.64. The number of nitriles is 1. The van der Waals surface area contributed by atoms with Crippen molar-refractivity contribution >= 4 is 46.4 Å². The Labute approximate surface area is 244 Å². The van der Waals surface area contributed by atoms with Gasteiger partial charge in [-0.2, -0.15) is 5.26 Å². The molecule has 3 aromatic carbocycles. The van der Waals surface area contributed by atoms with Crippen molar-refractivity contribution < 1.29 is 4.79 Å². The van der Waals surface area contributed by atoms with Crippen molar-refractivity contribution in [2.24, 2.45) is 5.73 Å². The number of Topliss-reactive ketones (excluding diaryl/α,β-unsaturated/α-hetero) is 1. The number of rotatable bonds is 5. The number of hydrogen-bond acceptors (Lipinski definition) is 5. The number of aryl methyl sites for hydroxylation is 2. The van der Waals surface area contributed by atoms with E-state index < -0.39 is 5.92 Å². The summed E-state index contributed by atoms with van der Waals surface area (Å²) in [5, 5.41) is 11.4. The van der Waals surface area contributed by atoms with Crippen molar-refractivity contribution in [2.45, 2.75) is 56.6 Å². The van der Waals surface area contributed by atoms with Crippen molar-refractivity contribution in [1.82, 2.24) is 0 Å². The lowest BCUT2D eigenvalue weighted by atomic mass is 9.73. The number of allylic oxidation sites excluding steroid dienone is 3. The molecule has 0 aromatic heterocycles. The van der Waals surface area contributed by atoms with Gasteiger partial charge in [-0.25, -0.2) is 0 Å². The van der Waals surface area contributed by atoms with Crippen LogP contribution in [0.15, 0.2) is 82.2 Å². The quantitative estimate of drug-likeness (QED) is 0.310. The van der Waals surface area contributed by atoms with Crippen LogP contribution >= 0.6 is 35.0 Å². The summed E-state index contributed by atoms with van der Waals surface area (Å²) in [6, 6.07) is 20.4. The monoisotopic (exact) mass is 573 g/mol. The molecule has 0 fully saturated rings. The Morgan fingerprint density at radius 3 is 2.36 bits per heavy atom. The van der Waals surface area contributed by atoms with Gasteiger partial charge in [-0.05, 0) is 80.6 Å². The summed E-state index contributed by atoms with van der Waals surface area (Å²) in [6.07, 6.45) is 1.83. The molecule has 39 heavy (non-hydrogen) atoms. The van der Waals surface area contributed by atoms with E-state index in [0.29, 0.717) is 45.5 Å². The van der Waals surface area contributed by atoms with Gasteiger partial charge in [-0.1, -0.05) is 58.6 Å².